The van der Waals surface area contributed by atoms with Gasteiger partial charge in [0.05, 0.1) is 5.52 Å². The summed E-state index contributed by atoms with van der Waals surface area (Å²) in [5.41, 5.74) is 2.03. The van der Waals surface area contributed by atoms with Crippen molar-refractivity contribution in [2.24, 2.45) is 5.92 Å². The number of hydrogen-bond donors (Lipinski definition) is 2. The summed E-state index contributed by atoms with van der Waals surface area (Å²) in [5, 5.41) is 8.80. The first-order chi connectivity index (χ1) is 13.7. The van der Waals surface area contributed by atoms with E-state index in [4.69, 9.17) is 11.6 Å². The average molecular weight is 400 g/mol. The molecular formula is C23H30ClN3O. The molecule has 0 saturated heterocycles. The molecule has 2 fully saturated rings. The molecule has 4 rings (SSSR count). The van der Waals surface area contributed by atoms with Gasteiger partial charge < -0.3 is 10.6 Å². The molecule has 0 unspecified atom stereocenters. The number of nitrogens with one attached hydrogen (secondary N) is 2. The number of halogens is 1. The van der Waals surface area contributed by atoms with Crippen LogP contribution < -0.4 is 10.6 Å². The second-order valence-corrected chi connectivity index (χ2v) is 8.92. The first kappa shape index (κ1) is 19.5. The molecule has 2 aliphatic carbocycles. The number of pyridine rings is 1. The van der Waals surface area contributed by atoms with E-state index < -0.39 is 0 Å². The lowest BCUT2D eigenvalue weighted by Crippen LogP contribution is -2.40. The van der Waals surface area contributed by atoms with Gasteiger partial charge >= 0.3 is 0 Å². The summed E-state index contributed by atoms with van der Waals surface area (Å²) in [4.78, 5) is 16.8. The normalized spacial score (nSPS) is 23.5. The summed E-state index contributed by atoms with van der Waals surface area (Å²) in [5.74, 6) is 0.876. The Balaban J connectivity index is 1.27. The van der Waals surface area contributed by atoms with Crippen molar-refractivity contribution in [3.8, 4) is 0 Å². The van der Waals surface area contributed by atoms with Gasteiger partial charge in [-0.25, -0.2) is 0 Å². The Hall–Kier alpha value is -1.81. The molecule has 1 amide bonds. The Morgan fingerprint density at radius 2 is 1.75 bits per heavy atom. The number of benzene rings is 1. The third-order valence-electron chi connectivity index (χ3n) is 6.36. The van der Waals surface area contributed by atoms with Gasteiger partial charge in [0, 0.05) is 40.8 Å². The number of amides is 1. The molecule has 2 aliphatic rings. The van der Waals surface area contributed by atoms with Crippen LogP contribution in [0.5, 0.6) is 0 Å². The minimum atomic E-state index is 0.264. The van der Waals surface area contributed by atoms with Crippen LogP contribution in [0, 0.1) is 5.92 Å². The Morgan fingerprint density at radius 1 is 1.00 bits per heavy atom. The second-order valence-electron chi connectivity index (χ2n) is 8.49. The van der Waals surface area contributed by atoms with E-state index in [0.29, 0.717) is 23.0 Å². The summed E-state index contributed by atoms with van der Waals surface area (Å²) in [6, 6.07) is 8.66. The largest absolute Gasteiger partial charge is 0.382 e. The van der Waals surface area contributed by atoms with Crippen LogP contribution in [-0.2, 0) is 4.79 Å². The molecule has 2 N–H and O–H groups in total. The van der Waals surface area contributed by atoms with Crippen molar-refractivity contribution in [1.29, 1.82) is 0 Å². The minimum absolute atomic E-state index is 0.264. The highest BCUT2D eigenvalue weighted by Gasteiger charge is 2.24. The maximum absolute atomic E-state index is 12.4. The predicted molar refractivity (Wildman–Crippen MR) is 116 cm³/mol. The van der Waals surface area contributed by atoms with Gasteiger partial charge in [-0.15, -0.1) is 0 Å². The molecule has 0 bridgehead atoms. The molecular weight excluding hydrogens is 370 g/mol. The molecule has 4 nitrogen and oxygen atoms in total. The molecule has 1 aromatic carbocycles. The van der Waals surface area contributed by atoms with Crippen LogP contribution in [0.3, 0.4) is 0 Å². The Morgan fingerprint density at radius 3 is 2.54 bits per heavy atom. The van der Waals surface area contributed by atoms with Gasteiger partial charge in [-0.3, -0.25) is 9.78 Å². The number of anilines is 1. The Labute approximate surface area is 172 Å². The van der Waals surface area contributed by atoms with Crippen LogP contribution in [0.15, 0.2) is 30.5 Å². The number of nitrogens with zero attached hydrogens (tertiary/aromatic N) is 1. The highest BCUT2D eigenvalue weighted by Crippen LogP contribution is 2.29. The van der Waals surface area contributed by atoms with Crippen molar-refractivity contribution < 1.29 is 4.79 Å². The lowest BCUT2D eigenvalue weighted by Gasteiger charge is -2.31. The number of fused-ring (bicyclic) bond motifs is 1. The summed E-state index contributed by atoms with van der Waals surface area (Å²) < 4.78 is 0. The molecule has 1 aromatic heterocycles. The van der Waals surface area contributed by atoms with E-state index in [1.54, 1.807) is 0 Å². The molecule has 0 radical (unpaired) electrons. The molecule has 2 saturated carbocycles. The first-order valence-electron chi connectivity index (χ1n) is 10.8. The van der Waals surface area contributed by atoms with Crippen molar-refractivity contribution in [1.82, 2.24) is 10.3 Å². The number of rotatable bonds is 5. The van der Waals surface area contributed by atoms with Gasteiger partial charge in [-0.2, -0.15) is 0 Å². The second kappa shape index (κ2) is 9.13. The molecule has 2 aromatic rings. The Bertz CT molecular complexity index is 811. The number of aromatic nitrogens is 1. The van der Waals surface area contributed by atoms with Crippen molar-refractivity contribution in [2.45, 2.75) is 76.3 Å². The van der Waals surface area contributed by atoms with Crippen molar-refractivity contribution in [3.63, 3.8) is 0 Å². The van der Waals surface area contributed by atoms with Crippen molar-refractivity contribution in [2.75, 3.05) is 5.32 Å². The number of hydrogen-bond acceptors (Lipinski definition) is 3. The van der Waals surface area contributed by atoms with Crippen LogP contribution in [0.2, 0.25) is 5.02 Å². The van der Waals surface area contributed by atoms with Gasteiger partial charge in [0.1, 0.15) is 0 Å². The van der Waals surface area contributed by atoms with Gasteiger partial charge in [0.25, 0.3) is 0 Å². The lowest BCUT2D eigenvalue weighted by atomic mass is 9.86. The van der Waals surface area contributed by atoms with Crippen LogP contribution in [0.25, 0.3) is 10.9 Å². The van der Waals surface area contributed by atoms with Crippen molar-refractivity contribution in [3.05, 3.63) is 35.5 Å². The Kier molecular flexibility index (Phi) is 6.36. The monoisotopic (exact) mass is 399 g/mol. The summed E-state index contributed by atoms with van der Waals surface area (Å²) >= 11 is 6.09. The summed E-state index contributed by atoms with van der Waals surface area (Å²) in [6.45, 7) is 0. The van der Waals surface area contributed by atoms with Gasteiger partial charge in [0.2, 0.25) is 5.91 Å². The van der Waals surface area contributed by atoms with Crippen LogP contribution in [0.1, 0.15) is 64.2 Å². The molecule has 150 valence electrons. The number of carbonyl (C=O) groups is 1. The quantitative estimate of drug-likeness (QED) is 0.678. The standard InChI is InChI=1S/C23H30ClN3O/c24-17-6-11-20-21(12-13-25-22(20)15-17)26-18-7-9-19(10-8-18)27-23(28)14-16-4-2-1-3-5-16/h6,11-13,15-16,18-19H,1-5,7-10,14H2,(H,25,26)(H,27,28). The molecule has 1 heterocycles. The fraction of sp³-hybridized carbons (Fsp3) is 0.565. The first-order valence-corrected chi connectivity index (χ1v) is 11.2. The van der Waals surface area contributed by atoms with E-state index in [0.717, 1.165) is 48.7 Å². The molecule has 0 spiro atoms. The van der Waals surface area contributed by atoms with E-state index in [2.05, 4.69) is 15.6 Å². The van der Waals surface area contributed by atoms with Gasteiger partial charge in [-0.1, -0.05) is 30.9 Å². The summed E-state index contributed by atoms with van der Waals surface area (Å²) in [7, 11) is 0. The summed E-state index contributed by atoms with van der Waals surface area (Å²) in [6.07, 6.45) is 13.2. The van der Waals surface area contributed by atoms with Crippen molar-refractivity contribution >= 4 is 34.1 Å². The van der Waals surface area contributed by atoms with E-state index in [-0.39, 0.29) is 5.91 Å². The predicted octanol–water partition coefficient (Wildman–Crippen LogP) is 5.70. The third-order valence-corrected chi connectivity index (χ3v) is 6.59. The molecule has 0 atom stereocenters. The third kappa shape index (κ3) is 4.96. The van der Waals surface area contributed by atoms with Crippen LogP contribution in [0.4, 0.5) is 5.69 Å². The van der Waals surface area contributed by atoms with E-state index >= 15 is 0 Å². The molecule has 5 heteroatoms. The fourth-order valence-electron chi connectivity index (χ4n) is 4.79. The van der Waals surface area contributed by atoms with Gasteiger partial charge in [0.15, 0.2) is 0 Å². The molecule has 28 heavy (non-hydrogen) atoms. The van der Waals surface area contributed by atoms with Crippen LogP contribution in [-0.4, -0.2) is 23.0 Å². The van der Waals surface area contributed by atoms with E-state index in [1.165, 1.54) is 32.1 Å². The minimum Gasteiger partial charge on any atom is -0.382 e. The van der Waals surface area contributed by atoms with Gasteiger partial charge in [-0.05, 0) is 68.7 Å². The maximum Gasteiger partial charge on any atom is 0.220 e. The average Bonchev–Trinajstić information content (AvgIpc) is 2.70. The zero-order valence-corrected chi connectivity index (χ0v) is 17.2. The molecule has 0 aliphatic heterocycles. The SMILES string of the molecule is O=C(CC1CCCCC1)NC1CCC(Nc2ccnc3cc(Cl)ccc23)CC1. The zero-order chi connectivity index (χ0) is 19.3. The maximum atomic E-state index is 12.4. The van der Waals surface area contributed by atoms with Crippen LogP contribution >= 0.6 is 11.6 Å². The highest BCUT2D eigenvalue weighted by atomic mass is 35.5. The fourth-order valence-corrected chi connectivity index (χ4v) is 4.96. The smallest absolute Gasteiger partial charge is 0.220 e. The van der Waals surface area contributed by atoms with E-state index in [1.807, 2.05) is 30.5 Å². The topological polar surface area (TPSA) is 54.0 Å². The zero-order valence-electron chi connectivity index (χ0n) is 16.4. The number of carbonyl (C=O) groups excluding carboxylic acids is 1. The van der Waals surface area contributed by atoms with E-state index in [9.17, 15) is 4.79 Å². The lowest BCUT2D eigenvalue weighted by molar-refractivity contribution is -0.123. The highest BCUT2D eigenvalue weighted by molar-refractivity contribution is 6.31.